The lowest BCUT2D eigenvalue weighted by atomic mass is 10.1. The van der Waals surface area contributed by atoms with Gasteiger partial charge in [0.1, 0.15) is 0 Å². The number of thiophene rings is 1. The van der Waals surface area contributed by atoms with Crippen LogP contribution < -0.4 is 5.32 Å². The van der Waals surface area contributed by atoms with E-state index in [9.17, 15) is 0 Å². The number of benzene rings is 1. The normalized spacial score (nSPS) is 10.6. The molecule has 2 heteroatoms. The fourth-order valence-electron chi connectivity index (χ4n) is 1.66. The molecule has 0 atom stereocenters. The molecule has 2 aromatic rings. The van der Waals surface area contributed by atoms with Crippen LogP contribution in [0.5, 0.6) is 0 Å². The maximum atomic E-state index is 3.46. The van der Waals surface area contributed by atoms with Gasteiger partial charge in [-0.15, -0.1) is 11.3 Å². The van der Waals surface area contributed by atoms with Crippen LogP contribution in [0.25, 0.3) is 0 Å². The molecule has 0 saturated carbocycles. The average molecular weight is 231 g/mol. The van der Waals surface area contributed by atoms with Crippen LogP contribution >= 0.6 is 11.3 Å². The van der Waals surface area contributed by atoms with Crippen molar-refractivity contribution in [3.05, 3.63) is 57.3 Å². The molecule has 16 heavy (non-hydrogen) atoms. The first-order valence-electron chi connectivity index (χ1n) is 5.55. The predicted molar refractivity (Wildman–Crippen MR) is 70.8 cm³/mol. The molecule has 84 valence electrons. The summed E-state index contributed by atoms with van der Waals surface area (Å²) in [6.45, 7) is 6.22. The van der Waals surface area contributed by atoms with E-state index in [0.29, 0.717) is 0 Å². The monoisotopic (exact) mass is 231 g/mol. The highest BCUT2D eigenvalue weighted by molar-refractivity contribution is 7.09. The third-order valence-corrected chi connectivity index (χ3v) is 3.66. The van der Waals surface area contributed by atoms with Crippen molar-refractivity contribution in [1.29, 1.82) is 0 Å². The van der Waals surface area contributed by atoms with Crippen molar-refractivity contribution in [2.24, 2.45) is 0 Å². The Hall–Kier alpha value is -1.12. The first kappa shape index (κ1) is 11.4. The van der Waals surface area contributed by atoms with Crippen LogP contribution in [-0.4, -0.2) is 0 Å². The Morgan fingerprint density at radius 3 is 2.62 bits per heavy atom. The summed E-state index contributed by atoms with van der Waals surface area (Å²) in [5, 5.41) is 5.58. The van der Waals surface area contributed by atoms with Gasteiger partial charge in [0.2, 0.25) is 0 Å². The zero-order valence-electron chi connectivity index (χ0n) is 9.79. The molecule has 0 aliphatic carbocycles. The number of nitrogens with one attached hydrogen (secondary N) is 1. The summed E-state index contributed by atoms with van der Waals surface area (Å²) in [5.74, 6) is 0. The van der Waals surface area contributed by atoms with Crippen LogP contribution in [0.1, 0.15) is 21.6 Å². The van der Waals surface area contributed by atoms with Crippen LogP contribution in [0.2, 0.25) is 0 Å². The van der Waals surface area contributed by atoms with Gasteiger partial charge in [-0.25, -0.2) is 0 Å². The van der Waals surface area contributed by atoms with Crippen molar-refractivity contribution < 1.29 is 0 Å². The second-order valence-electron chi connectivity index (χ2n) is 4.10. The van der Waals surface area contributed by atoms with Gasteiger partial charge < -0.3 is 5.32 Å². The molecule has 0 saturated heterocycles. The largest absolute Gasteiger partial charge is 0.308 e. The highest BCUT2D eigenvalue weighted by Crippen LogP contribution is 2.11. The third kappa shape index (κ3) is 2.94. The SMILES string of the molecule is Cc1ccc(CNCc2cccs2)cc1C. The molecule has 1 N–H and O–H groups in total. The lowest BCUT2D eigenvalue weighted by molar-refractivity contribution is 0.700. The number of aryl methyl sites for hydroxylation is 2. The van der Waals surface area contributed by atoms with Crippen molar-refractivity contribution in [2.75, 3.05) is 0 Å². The molecule has 2 rings (SSSR count). The van der Waals surface area contributed by atoms with E-state index in [4.69, 9.17) is 0 Å². The van der Waals surface area contributed by atoms with Crippen molar-refractivity contribution in [1.82, 2.24) is 5.32 Å². The third-order valence-electron chi connectivity index (χ3n) is 2.78. The Balaban J connectivity index is 1.87. The molecular weight excluding hydrogens is 214 g/mol. The zero-order valence-corrected chi connectivity index (χ0v) is 10.6. The van der Waals surface area contributed by atoms with E-state index in [2.05, 4.69) is 54.9 Å². The summed E-state index contributed by atoms with van der Waals surface area (Å²) < 4.78 is 0. The van der Waals surface area contributed by atoms with E-state index < -0.39 is 0 Å². The summed E-state index contributed by atoms with van der Waals surface area (Å²) in [7, 11) is 0. The molecule has 0 bridgehead atoms. The van der Waals surface area contributed by atoms with Gasteiger partial charge in [0, 0.05) is 18.0 Å². The molecule has 0 aliphatic rings. The molecule has 0 amide bonds. The predicted octanol–water partition coefficient (Wildman–Crippen LogP) is 3.65. The molecule has 0 aliphatic heterocycles. The quantitative estimate of drug-likeness (QED) is 0.847. The van der Waals surface area contributed by atoms with Gasteiger partial charge >= 0.3 is 0 Å². The summed E-state index contributed by atoms with van der Waals surface area (Å²) in [5.41, 5.74) is 4.09. The first-order chi connectivity index (χ1) is 7.75. The molecule has 0 spiro atoms. The molecule has 1 nitrogen and oxygen atoms in total. The minimum atomic E-state index is 0.943. The molecule has 0 fully saturated rings. The molecule has 0 radical (unpaired) electrons. The number of rotatable bonds is 4. The van der Waals surface area contributed by atoms with Gasteiger partial charge in [0.25, 0.3) is 0 Å². The Morgan fingerprint density at radius 1 is 1.06 bits per heavy atom. The Bertz CT molecular complexity index is 446. The van der Waals surface area contributed by atoms with Crippen molar-refractivity contribution in [3.8, 4) is 0 Å². The minimum Gasteiger partial charge on any atom is -0.308 e. The average Bonchev–Trinajstić information content (AvgIpc) is 2.76. The fourth-order valence-corrected chi connectivity index (χ4v) is 2.33. The molecule has 1 heterocycles. The highest BCUT2D eigenvalue weighted by Gasteiger charge is 1.97. The van der Waals surface area contributed by atoms with E-state index in [1.807, 2.05) is 0 Å². The van der Waals surface area contributed by atoms with E-state index >= 15 is 0 Å². The maximum absolute atomic E-state index is 3.46. The maximum Gasteiger partial charge on any atom is 0.0302 e. The van der Waals surface area contributed by atoms with Gasteiger partial charge in [-0.05, 0) is 42.0 Å². The van der Waals surface area contributed by atoms with Crippen molar-refractivity contribution >= 4 is 11.3 Å². The second-order valence-corrected chi connectivity index (χ2v) is 5.13. The van der Waals surface area contributed by atoms with E-state index in [1.165, 1.54) is 21.6 Å². The topological polar surface area (TPSA) is 12.0 Å². The van der Waals surface area contributed by atoms with Crippen LogP contribution in [-0.2, 0) is 13.1 Å². The molecule has 1 aromatic heterocycles. The Labute approximate surface area is 101 Å². The Morgan fingerprint density at radius 2 is 1.94 bits per heavy atom. The number of hydrogen-bond donors (Lipinski definition) is 1. The summed E-state index contributed by atoms with van der Waals surface area (Å²) in [6.07, 6.45) is 0. The molecular formula is C14H17NS. The second kappa shape index (κ2) is 5.28. The van der Waals surface area contributed by atoms with Gasteiger partial charge in [-0.1, -0.05) is 24.3 Å². The lowest BCUT2D eigenvalue weighted by Crippen LogP contribution is -2.11. The Kier molecular flexibility index (Phi) is 3.75. The van der Waals surface area contributed by atoms with Crippen molar-refractivity contribution in [2.45, 2.75) is 26.9 Å². The van der Waals surface area contributed by atoms with E-state index in [1.54, 1.807) is 11.3 Å². The van der Waals surface area contributed by atoms with Gasteiger partial charge in [-0.3, -0.25) is 0 Å². The van der Waals surface area contributed by atoms with Crippen LogP contribution in [0, 0.1) is 13.8 Å². The van der Waals surface area contributed by atoms with Crippen molar-refractivity contribution in [3.63, 3.8) is 0 Å². The standard InChI is InChI=1S/C14H17NS/c1-11-5-6-13(8-12(11)2)9-15-10-14-4-3-7-16-14/h3-8,15H,9-10H2,1-2H3. The van der Waals surface area contributed by atoms with E-state index in [-0.39, 0.29) is 0 Å². The van der Waals surface area contributed by atoms with Crippen LogP contribution in [0.3, 0.4) is 0 Å². The van der Waals surface area contributed by atoms with Gasteiger partial charge in [0.05, 0.1) is 0 Å². The van der Waals surface area contributed by atoms with Crippen LogP contribution in [0.4, 0.5) is 0 Å². The van der Waals surface area contributed by atoms with Crippen LogP contribution in [0.15, 0.2) is 35.7 Å². The van der Waals surface area contributed by atoms with Gasteiger partial charge in [0.15, 0.2) is 0 Å². The highest BCUT2D eigenvalue weighted by atomic mass is 32.1. The first-order valence-corrected chi connectivity index (χ1v) is 6.43. The zero-order chi connectivity index (χ0) is 11.4. The minimum absolute atomic E-state index is 0.943. The molecule has 1 aromatic carbocycles. The number of hydrogen-bond acceptors (Lipinski definition) is 2. The summed E-state index contributed by atoms with van der Waals surface area (Å²) in [4.78, 5) is 1.39. The van der Waals surface area contributed by atoms with E-state index in [0.717, 1.165) is 13.1 Å². The summed E-state index contributed by atoms with van der Waals surface area (Å²) >= 11 is 1.80. The molecule has 0 unspecified atom stereocenters. The smallest absolute Gasteiger partial charge is 0.0302 e. The fraction of sp³-hybridized carbons (Fsp3) is 0.286. The summed E-state index contributed by atoms with van der Waals surface area (Å²) in [6, 6.07) is 10.9. The lowest BCUT2D eigenvalue weighted by Gasteiger charge is -2.06. The van der Waals surface area contributed by atoms with Gasteiger partial charge in [-0.2, -0.15) is 0 Å².